The molecule has 0 bridgehead atoms. The monoisotopic (exact) mass is 415 g/mol. The third-order valence-corrected chi connectivity index (χ3v) is 5.10. The average Bonchev–Trinajstić information content (AvgIpc) is 3.22. The van der Waals surface area contributed by atoms with Crippen LogP contribution < -0.4 is 5.32 Å². The first-order valence-electron chi connectivity index (χ1n) is 10.3. The number of nitrogens with one attached hydrogen (secondary N) is 1. The van der Waals surface area contributed by atoms with Crippen molar-refractivity contribution in [3.8, 4) is 0 Å². The van der Waals surface area contributed by atoms with Gasteiger partial charge in [-0.3, -0.25) is 9.78 Å². The number of carbonyl (C=O) groups is 1. The van der Waals surface area contributed by atoms with Gasteiger partial charge in [0.15, 0.2) is 0 Å². The van der Waals surface area contributed by atoms with E-state index in [1.807, 2.05) is 49.9 Å². The molecular formula is C23H25N7O. The van der Waals surface area contributed by atoms with E-state index in [1.54, 1.807) is 24.5 Å². The maximum atomic E-state index is 12.6. The number of rotatable bonds is 5. The third kappa shape index (κ3) is 5.28. The summed E-state index contributed by atoms with van der Waals surface area (Å²) in [7, 11) is 0. The first kappa shape index (κ1) is 20.6. The first-order valence-corrected chi connectivity index (χ1v) is 10.3. The smallest absolute Gasteiger partial charge is 0.246 e. The van der Waals surface area contributed by atoms with Crippen molar-refractivity contribution in [2.24, 2.45) is 0 Å². The second kappa shape index (κ2) is 8.99. The van der Waals surface area contributed by atoms with Crippen LogP contribution in [0.2, 0.25) is 0 Å². The molecule has 0 aromatic carbocycles. The Morgan fingerprint density at radius 2 is 1.94 bits per heavy atom. The number of hydrogen-bond acceptors (Lipinski definition) is 7. The van der Waals surface area contributed by atoms with E-state index in [0.717, 1.165) is 29.1 Å². The van der Waals surface area contributed by atoms with Crippen LogP contribution in [0.15, 0.2) is 42.7 Å². The predicted octanol–water partition coefficient (Wildman–Crippen LogP) is 3.36. The minimum atomic E-state index is -0.000819. The molecule has 1 fully saturated rings. The maximum Gasteiger partial charge on any atom is 0.246 e. The van der Waals surface area contributed by atoms with Crippen LogP contribution in [-0.4, -0.2) is 48.8 Å². The molecule has 1 N–H and O–H groups in total. The molecule has 1 atom stereocenters. The topological polar surface area (TPSA) is 96.8 Å². The Labute approximate surface area is 181 Å². The van der Waals surface area contributed by atoms with Gasteiger partial charge in [-0.1, -0.05) is 6.07 Å². The van der Waals surface area contributed by atoms with E-state index in [4.69, 9.17) is 0 Å². The van der Waals surface area contributed by atoms with Gasteiger partial charge in [-0.05, 0) is 51.0 Å². The molecule has 0 radical (unpaired) electrons. The molecule has 0 spiro atoms. The number of nitrogens with zero attached hydrogens (tertiary/aromatic N) is 6. The number of anilines is 2. The summed E-state index contributed by atoms with van der Waals surface area (Å²) >= 11 is 0. The van der Waals surface area contributed by atoms with Crippen molar-refractivity contribution in [1.82, 2.24) is 29.8 Å². The summed E-state index contributed by atoms with van der Waals surface area (Å²) in [4.78, 5) is 36.4. The zero-order chi connectivity index (χ0) is 21.8. The number of hydrogen-bond donors (Lipinski definition) is 1. The zero-order valence-electron chi connectivity index (χ0n) is 17.9. The minimum absolute atomic E-state index is 0.000819. The summed E-state index contributed by atoms with van der Waals surface area (Å²) in [6, 6.07) is 7.62. The highest BCUT2D eigenvalue weighted by atomic mass is 16.2. The van der Waals surface area contributed by atoms with Gasteiger partial charge in [0.25, 0.3) is 0 Å². The van der Waals surface area contributed by atoms with Crippen LogP contribution in [0.4, 0.5) is 11.8 Å². The van der Waals surface area contributed by atoms with Crippen LogP contribution in [0.25, 0.3) is 6.08 Å². The Hall–Kier alpha value is -3.68. The lowest BCUT2D eigenvalue weighted by Gasteiger charge is -2.15. The maximum absolute atomic E-state index is 12.6. The van der Waals surface area contributed by atoms with Gasteiger partial charge in [-0.2, -0.15) is 0 Å². The number of aryl methyl sites for hydroxylation is 3. The van der Waals surface area contributed by atoms with E-state index in [2.05, 4.69) is 30.2 Å². The van der Waals surface area contributed by atoms with E-state index in [-0.39, 0.29) is 11.8 Å². The SMILES string of the molecule is Cc1cc(C)nc(Nc2cc([C@@H]3CCN(C(=O)/C=C/c4cccnc4)C3)nc(C)n2)n1. The number of amides is 1. The lowest BCUT2D eigenvalue weighted by atomic mass is 10.0. The minimum Gasteiger partial charge on any atom is -0.338 e. The summed E-state index contributed by atoms with van der Waals surface area (Å²) in [5, 5.41) is 3.19. The van der Waals surface area contributed by atoms with Crippen LogP contribution in [0.5, 0.6) is 0 Å². The van der Waals surface area contributed by atoms with Gasteiger partial charge in [-0.15, -0.1) is 0 Å². The summed E-state index contributed by atoms with van der Waals surface area (Å²) in [6.45, 7) is 7.07. The normalized spacial score (nSPS) is 16.1. The molecule has 8 nitrogen and oxygen atoms in total. The van der Waals surface area contributed by atoms with Gasteiger partial charge in [0.05, 0.1) is 5.69 Å². The molecule has 4 heterocycles. The number of aromatic nitrogens is 5. The van der Waals surface area contributed by atoms with Crippen LogP contribution in [-0.2, 0) is 4.79 Å². The predicted molar refractivity (Wildman–Crippen MR) is 119 cm³/mol. The van der Waals surface area contributed by atoms with Crippen molar-refractivity contribution in [3.05, 3.63) is 71.2 Å². The Kier molecular flexibility index (Phi) is 5.97. The molecule has 0 unspecified atom stereocenters. The second-order valence-corrected chi connectivity index (χ2v) is 7.71. The number of carbonyl (C=O) groups excluding carboxylic acids is 1. The van der Waals surface area contributed by atoms with E-state index < -0.39 is 0 Å². The molecule has 1 aliphatic heterocycles. The van der Waals surface area contributed by atoms with Crippen molar-refractivity contribution >= 4 is 23.7 Å². The molecule has 1 saturated heterocycles. The average molecular weight is 416 g/mol. The van der Waals surface area contributed by atoms with Crippen molar-refractivity contribution in [3.63, 3.8) is 0 Å². The fourth-order valence-electron chi connectivity index (χ4n) is 3.71. The summed E-state index contributed by atoms with van der Waals surface area (Å²) in [5.74, 6) is 2.02. The fraction of sp³-hybridized carbons (Fsp3) is 0.304. The fourth-order valence-corrected chi connectivity index (χ4v) is 3.71. The Morgan fingerprint density at radius 1 is 1.13 bits per heavy atom. The molecular weight excluding hydrogens is 390 g/mol. The molecule has 1 aliphatic rings. The van der Waals surface area contributed by atoms with E-state index in [9.17, 15) is 4.79 Å². The van der Waals surface area contributed by atoms with E-state index in [1.165, 1.54) is 0 Å². The lowest BCUT2D eigenvalue weighted by molar-refractivity contribution is -0.124. The molecule has 3 aromatic rings. The lowest BCUT2D eigenvalue weighted by Crippen LogP contribution is -2.26. The molecule has 8 heteroatoms. The van der Waals surface area contributed by atoms with E-state index >= 15 is 0 Å². The largest absolute Gasteiger partial charge is 0.338 e. The van der Waals surface area contributed by atoms with Crippen molar-refractivity contribution in [1.29, 1.82) is 0 Å². The van der Waals surface area contributed by atoms with Gasteiger partial charge in [0, 0.05) is 54.9 Å². The van der Waals surface area contributed by atoms with Crippen LogP contribution in [0.1, 0.15) is 40.8 Å². The molecule has 31 heavy (non-hydrogen) atoms. The highest BCUT2D eigenvalue weighted by molar-refractivity contribution is 5.92. The second-order valence-electron chi connectivity index (χ2n) is 7.71. The van der Waals surface area contributed by atoms with E-state index in [0.29, 0.717) is 30.7 Å². The Bertz CT molecular complexity index is 1090. The van der Waals surface area contributed by atoms with Crippen molar-refractivity contribution in [2.75, 3.05) is 18.4 Å². The van der Waals surface area contributed by atoms with Crippen LogP contribution >= 0.6 is 0 Å². The van der Waals surface area contributed by atoms with Crippen molar-refractivity contribution in [2.45, 2.75) is 33.1 Å². The van der Waals surface area contributed by atoms with Gasteiger partial charge < -0.3 is 10.2 Å². The highest BCUT2D eigenvalue weighted by Crippen LogP contribution is 2.28. The zero-order valence-corrected chi connectivity index (χ0v) is 17.9. The summed E-state index contributed by atoms with van der Waals surface area (Å²) < 4.78 is 0. The molecule has 0 saturated carbocycles. The molecule has 4 rings (SSSR count). The number of pyridine rings is 1. The first-order chi connectivity index (χ1) is 15.0. The molecule has 1 amide bonds. The molecule has 158 valence electrons. The third-order valence-electron chi connectivity index (χ3n) is 5.10. The van der Waals surface area contributed by atoms with Gasteiger partial charge in [0.1, 0.15) is 11.6 Å². The van der Waals surface area contributed by atoms with Gasteiger partial charge >= 0.3 is 0 Å². The van der Waals surface area contributed by atoms with Crippen molar-refractivity contribution < 1.29 is 4.79 Å². The Balaban J connectivity index is 1.45. The molecule has 0 aliphatic carbocycles. The standard InChI is InChI=1S/C23H25N7O/c1-15-11-16(2)26-23(25-15)29-21-12-20(27-17(3)28-21)19-8-10-30(14-19)22(31)7-6-18-5-4-9-24-13-18/h4-7,9,11-13,19H,8,10,14H2,1-3H3,(H,25,26,27,28,29)/b7-6+/t19-/m1/s1. The highest BCUT2D eigenvalue weighted by Gasteiger charge is 2.27. The Morgan fingerprint density at radius 3 is 2.68 bits per heavy atom. The summed E-state index contributed by atoms with van der Waals surface area (Å²) in [5.41, 5.74) is 3.61. The quantitative estimate of drug-likeness (QED) is 0.638. The van der Waals surface area contributed by atoms with Gasteiger partial charge in [0.2, 0.25) is 11.9 Å². The van der Waals surface area contributed by atoms with Gasteiger partial charge in [-0.25, -0.2) is 19.9 Å². The van der Waals surface area contributed by atoms with Crippen LogP contribution in [0.3, 0.4) is 0 Å². The molecule has 3 aromatic heterocycles. The summed E-state index contributed by atoms with van der Waals surface area (Å²) in [6.07, 6.45) is 7.71. The van der Waals surface area contributed by atoms with Crippen LogP contribution in [0, 0.1) is 20.8 Å². The number of likely N-dealkylation sites (tertiary alicyclic amines) is 1.